The SMILES string of the molecule is CC/C=C(\C/C=C\C/C=C\C/C=C\CCCCCCC=O)[N+](=O)[O-]. The average molecular weight is 333 g/mol. The van der Waals surface area contributed by atoms with Crippen LogP contribution in [0, 0.1) is 10.1 Å². The quantitative estimate of drug-likeness (QED) is 0.123. The number of carbonyl (C=O) groups is 1. The number of hydrogen-bond acceptors (Lipinski definition) is 3. The summed E-state index contributed by atoms with van der Waals surface area (Å²) >= 11 is 0. The molecule has 0 radical (unpaired) electrons. The number of carbonyl (C=O) groups excluding carboxylic acids is 1. The molecule has 0 saturated carbocycles. The van der Waals surface area contributed by atoms with Crippen LogP contribution < -0.4 is 0 Å². The highest BCUT2D eigenvalue weighted by Crippen LogP contribution is 2.06. The lowest BCUT2D eigenvalue weighted by molar-refractivity contribution is -0.427. The molecule has 0 rings (SSSR count). The van der Waals surface area contributed by atoms with Gasteiger partial charge in [0.2, 0.25) is 5.70 Å². The fourth-order valence-corrected chi connectivity index (χ4v) is 2.18. The lowest BCUT2D eigenvalue weighted by atomic mass is 10.1. The van der Waals surface area contributed by atoms with Crippen molar-refractivity contribution in [3.63, 3.8) is 0 Å². The van der Waals surface area contributed by atoms with Crippen molar-refractivity contribution in [2.24, 2.45) is 0 Å². The average Bonchev–Trinajstić information content (AvgIpc) is 2.57. The van der Waals surface area contributed by atoms with Gasteiger partial charge in [0.25, 0.3) is 0 Å². The molecule has 0 aliphatic carbocycles. The van der Waals surface area contributed by atoms with Crippen molar-refractivity contribution in [1.82, 2.24) is 0 Å². The molecule has 4 heteroatoms. The second kappa shape index (κ2) is 17.4. The van der Waals surface area contributed by atoms with Gasteiger partial charge in [-0.05, 0) is 44.6 Å². The third-order valence-electron chi connectivity index (χ3n) is 3.49. The Kier molecular flexibility index (Phi) is 16.0. The standard InChI is InChI=1S/C20H31NO3/c1-2-17-20(21(23)24)18-15-13-11-9-7-5-3-4-6-8-10-12-14-16-19-22/h3-4,7,9,13,15,17,19H,2,5-6,8,10-12,14,16,18H2,1H3/b4-3-,9-7-,15-13-,20-17+. The number of rotatable bonds is 15. The molecule has 0 fully saturated rings. The first-order valence-corrected chi connectivity index (χ1v) is 8.94. The van der Waals surface area contributed by atoms with Gasteiger partial charge in [0, 0.05) is 6.42 Å². The van der Waals surface area contributed by atoms with Gasteiger partial charge in [0.05, 0.1) is 11.3 Å². The molecule has 4 nitrogen and oxygen atoms in total. The van der Waals surface area contributed by atoms with E-state index in [1.807, 2.05) is 19.1 Å². The Morgan fingerprint density at radius 3 is 2.04 bits per heavy atom. The predicted octanol–water partition coefficient (Wildman–Crippen LogP) is 5.94. The first-order chi connectivity index (χ1) is 11.7. The third-order valence-corrected chi connectivity index (χ3v) is 3.49. The van der Waals surface area contributed by atoms with E-state index in [9.17, 15) is 14.9 Å². The van der Waals surface area contributed by atoms with Crippen molar-refractivity contribution in [2.45, 2.75) is 71.1 Å². The van der Waals surface area contributed by atoms with Crippen molar-refractivity contribution in [3.05, 3.63) is 58.3 Å². The van der Waals surface area contributed by atoms with E-state index < -0.39 is 0 Å². The number of hydrogen-bond donors (Lipinski definition) is 0. The lowest BCUT2D eigenvalue weighted by Gasteiger charge is -1.95. The summed E-state index contributed by atoms with van der Waals surface area (Å²) in [7, 11) is 0. The minimum Gasteiger partial charge on any atom is -0.303 e. The maximum Gasteiger partial charge on any atom is 0.246 e. The molecule has 0 saturated heterocycles. The summed E-state index contributed by atoms with van der Waals surface area (Å²) in [6.45, 7) is 1.90. The van der Waals surface area contributed by atoms with E-state index in [4.69, 9.17) is 0 Å². The maximum absolute atomic E-state index is 10.7. The van der Waals surface area contributed by atoms with Crippen LogP contribution >= 0.6 is 0 Å². The molecule has 0 atom stereocenters. The van der Waals surface area contributed by atoms with Crippen LogP contribution in [0.1, 0.15) is 71.1 Å². The maximum atomic E-state index is 10.7. The van der Waals surface area contributed by atoms with Crippen molar-refractivity contribution in [3.8, 4) is 0 Å². The summed E-state index contributed by atoms with van der Waals surface area (Å²) in [6.07, 6.45) is 24.2. The molecule has 0 unspecified atom stereocenters. The molecule has 0 bridgehead atoms. The summed E-state index contributed by atoms with van der Waals surface area (Å²) in [5.41, 5.74) is 0.270. The van der Waals surface area contributed by atoms with Gasteiger partial charge < -0.3 is 4.79 Å². The smallest absolute Gasteiger partial charge is 0.246 e. The third kappa shape index (κ3) is 14.9. The minimum atomic E-state index is -0.309. The van der Waals surface area contributed by atoms with Crippen LogP contribution in [0.15, 0.2) is 48.2 Å². The van der Waals surface area contributed by atoms with E-state index in [1.54, 1.807) is 6.08 Å². The zero-order chi connectivity index (χ0) is 17.9. The Balaban J connectivity index is 3.63. The number of nitro groups is 1. The first-order valence-electron chi connectivity index (χ1n) is 8.94. The molecule has 0 aromatic carbocycles. The topological polar surface area (TPSA) is 60.2 Å². The van der Waals surface area contributed by atoms with Crippen molar-refractivity contribution < 1.29 is 9.72 Å². The Bertz CT molecular complexity index is 448. The number of allylic oxidation sites excluding steroid dienone is 7. The zero-order valence-electron chi connectivity index (χ0n) is 14.9. The highest BCUT2D eigenvalue weighted by atomic mass is 16.6. The van der Waals surface area contributed by atoms with E-state index in [-0.39, 0.29) is 10.6 Å². The van der Waals surface area contributed by atoms with Gasteiger partial charge in [-0.15, -0.1) is 0 Å². The Labute approximate surface area is 146 Å². The first kappa shape index (κ1) is 22.0. The highest BCUT2D eigenvalue weighted by Gasteiger charge is 2.05. The molecule has 0 aliphatic heterocycles. The molecular formula is C20H31NO3. The number of nitrogens with zero attached hydrogens (tertiary/aromatic N) is 1. The van der Waals surface area contributed by atoms with E-state index in [2.05, 4.69) is 24.3 Å². The van der Waals surface area contributed by atoms with Crippen molar-refractivity contribution in [2.75, 3.05) is 0 Å². The van der Waals surface area contributed by atoms with Crippen LogP contribution in [0.5, 0.6) is 0 Å². The highest BCUT2D eigenvalue weighted by molar-refractivity contribution is 5.48. The van der Waals surface area contributed by atoms with E-state index in [0.717, 1.165) is 38.4 Å². The number of aldehydes is 1. The van der Waals surface area contributed by atoms with Gasteiger partial charge in [-0.1, -0.05) is 56.2 Å². The Hall–Kier alpha value is -1.97. The largest absolute Gasteiger partial charge is 0.303 e. The molecule has 24 heavy (non-hydrogen) atoms. The normalized spacial score (nSPS) is 12.6. The summed E-state index contributed by atoms with van der Waals surface area (Å²) in [6, 6.07) is 0. The number of unbranched alkanes of at least 4 members (excludes halogenated alkanes) is 5. The van der Waals surface area contributed by atoms with Crippen molar-refractivity contribution in [1.29, 1.82) is 0 Å². The van der Waals surface area contributed by atoms with Crippen LogP contribution in [0.2, 0.25) is 0 Å². The van der Waals surface area contributed by atoms with Crippen LogP contribution in [0.3, 0.4) is 0 Å². The van der Waals surface area contributed by atoms with Crippen molar-refractivity contribution >= 4 is 6.29 Å². The molecule has 0 aliphatic rings. The molecule has 134 valence electrons. The molecule has 0 aromatic heterocycles. The van der Waals surface area contributed by atoms with E-state index >= 15 is 0 Å². The van der Waals surface area contributed by atoms with E-state index in [0.29, 0.717) is 19.3 Å². The van der Waals surface area contributed by atoms with Crippen LogP contribution in [0.25, 0.3) is 0 Å². The van der Waals surface area contributed by atoms with Crippen LogP contribution in [0.4, 0.5) is 0 Å². The van der Waals surface area contributed by atoms with Gasteiger partial charge in [-0.2, -0.15) is 0 Å². The minimum absolute atomic E-state index is 0.270. The van der Waals surface area contributed by atoms with Gasteiger partial charge in [0.15, 0.2) is 0 Å². The molecular weight excluding hydrogens is 302 g/mol. The van der Waals surface area contributed by atoms with Crippen LogP contribution in [-0.4, -0.2) is 11.2 Å². The zero-order valence-corrected chi connectivity index (χ0v) is 14.9. The molecule has 0 spiro atoms. The molecule has 0 aromatic rings. The van der Waals surface area contributed by atoms with Gasteiger partial charge >= 0.3 is 0 Å². The van der Waals surface area contributed by atoms with Crippen LogP contribution in [-0.2, 0) is 4.79 Å². The fraction of sp³-hybridized carbons (Fsp3) is 0.550. The Morgan fingerprint density at radius 2 is 1.46 bits per heavy atom. The predicted molar refractivity (Wildman–Crippen MR) is 100 cm³/mol. The summed E-state index contributed by atoms with van der Waals surface area (Å²) in [5, 5.41) is 10.7. The fourth-order valence-electron chi connectivity index (χ4n) is 2.18. The lowest BCUT2D eigenvalue weighted by Crippen LogP contribution is -1.96. The van der Waals surface area contributed by atoms with Gasteiger partial charge in [0.1, 0.15) is 6.29 Å². The second-order valence-electron chi connectivity index (χ2n) is 5.61. The molecule has 0 amide bonds. The van der Waals surface area contributed by atoms with Gasteiger partial charge in [-0.3, -0.25) is 10.1 Å². The molecule has 0 N–H and O–H groups in total. The van der Waals surface area contributed by atoms with E-state index in [1.165, 1.54) is 12.8 Å². The van der Waals surface area contributed by atoms with Gasteiger partial charge in [-0.25, -0.2) is 0 Å². The second-order valence-corrected chi connectivity index (χ2v) is 5.61. The summed E-state index contributed by atoms with van der Waals surface area (Å²) < 4.78 is 0. The molecule has 0 heterocycles. The summed E-state index contributed by atoms with van der Waals surface area (Å²) in [5.74, 6) is 0. The monoisotopic (exact) mass is 333 g/mol. The Morgan fingerprint density at radius 1 is 0.875 bits per heavy atom. The summed E-state index contributed by atoms with van der Waals surface area (Å²) in [4.78, 5) is 20.6.